The summed E-state index contributed by atoms with van der Waals surface area (Å²) in [6.07, 6.45) is 9.28. The number of carbonyl (C=O) groups excluding carboxylic acids is 2. The number of rotatable bonds is 5. The van der Waals surface area contributed by atoms with E-state index in [0.717, 1.165) is 48.1 Å². The molecule has 1 aliphatic carbocycles. The lowest BCUT2D eigenvalue weighted by Crippen LogP contribution is -2.46. The van der Waals surface area contributed by atoms with Crippen molar-refractivity contribution >= 4 is 18.0 Å². The quantitative estimate of drug-likeness (QED) is 0.539. The van der Waals surface area contributed by atoms with Crippen molar-refractivity contribution in [3.8, 4) is 5.69 Å². The zero-order valence-corrected chi connectivity index (χ0v) is 18.4. The molecule has 1 saturated carbocycles. The van der Waals surface area contributed by atoms with Crippen LogP contribution in [0.1, 0.15) is 49.1 Å². The van der Waals surface area contributed by atoms with E-state index >= 15 is 0 Å². The van der Waals surface area contributed by atoms with Gasteiger partial charge in [0, 0.05) is 30.4 Å². The lowest BCUT2D eigenvalue weighted by atomic mass is 9.75. The largest absolute Gasteiger partial charge is 0.452 e. The summed E-state index contributed by atoms with van der Waals surface area (Å²) < 4.78 is 7.10. The van der Waals surface area contributed by atoms with Gasteiger partial charge >= 0.3 is 5.97 Å². The highest BCUT2D eigenvalue weighted by molar-refractivity contribution is 5.89. The zero-order chi connectivity index (χ0) is 21.8. The van der Waals surface area contributed by atoms with Gasteiger partial charge in [-0.25, -0.2) is 9.48 Å². The summed E-state index contributed by atoms with van der Waals surface area (Å²) in [7, 11) is 0. The lowest BCUT2D eigenvalue weighted by Gasteiger charge is -2.41. The highest BCUT2D eigenvalue weighted by Gasteiger charge is 2.33. The number of hydrogen-bond acceptors (Lipinski definition) is 4. The lowest BCUT2D eigenvalue weighted by molar-refractivity contribution is -0.149. The van der Waals surface area contributed by atoms with Gasteiger partial charge in [-0.05, 0) is 56.7 Å². The molecule has 6 heteroatoms. The molecule has 2 aliphatic rings. The number of aryl methyl sites for hydroxylation is 1. The van der Waals surface area contributed by atoms with Gasteiger partial charge in [0.1, 0.15) is 0 Å². The second kappa shape index (κ2) is 9.50. The predicted molar refractivity (Wildman–Crippen MR) is 120 cm³/mol. The first-order valence-corrected chi connectivity index (χ1v) is 11.3. The van der Waals surface area contributed by atoms with E-state index in [1.54, 1.807) is 6.08 Å². The van der Waals surface area contributed by atoms with Crippen LogP contribution in [0.5, 0.6) is 0 Å². The standard InChI is InChI=1S/C25H31N3O3/c1-18-23(19(2)28(26-18)22-10-4-3-5-11-22)12-13-25(30)31-17-24(29)27-15-14-20-8-6-7-9-21(20)16-27/h3-5,10-13,20-21H,6-9,14-17H2,1-2H3/b13-12+/t20-,21-/m0/s1. The second-order valence-corrected chi connectivity index (χ2v) is 8.71. The molecule has 1 aromatic heterocycles. The van der Waals surface area contributed by atoms with Crippen LogP contribution in [0.25, 0.3) is 11.8 Å². The van der Waals surface area contributed by atoms with E-state index in [9.17, 15) is 9.59 Å². The molecular weight excluding hydrogens is 390 g/mol. The Hall–Kier alpha value is -2.89. The van der Waals surface area contributed by atoms with E-state index in [2.05, 4.69) is 5.10 Å². The van der Waals surface area contributed by atoms with E-state index in [4.69, 9.17) is 4.74 Å². The van der Waals surface area contributed by atoms with Crippen molar-refractivity contribution in [3.05, 3.63) is 53.4 Å². The molecule has 2 fully saturated rings. The second-order valence-electron chi connectivity index (χ2n) is 8.71. The number of ether oxygens (including phenoxy) is 1. The van der Waals surface area contributed by atoms with E-state index in [1.165, 1.54) is 31.8 Å². The Balaban J connectivity index is 1.32. The minimum atomic E-state index is -0.507. The number of para-hydroxylation sites is 1. The van der Waals surface area contributed by atoms with Crippen LogP contribution in [0.4, 0.5) is 0 Å². The first-order chi connectivity index (χ1) is 15.0. The number of nitrogens with zero attached hydrogens (tertiary/aromatic N) is 3. The minimum Gasteiger partial charge on any atom is -0.452 e. The van der Waals surface area contributed by atoms with Crippen molar-refractivity contribution in [1.82, 2.24) is 14.7 Å². The Morgan fingerprint density at radius 1 is 1.10 bits per heavy atom. The number of hydrogen-bond donors (Lipinski definition) is 0. The normalized spacial score (nSPS) is 21.2. The fraction of sp³-hybridized carbons (Fsp3) is 0.480. The third-order valence-electron chi connectivity index (χ3n) is 6.72. The summed E-state index contributed by atoms with van der Waals surface area (Å²) in [4.78, 5) is 26.6. The molecule has 1 aromatic carbocycles. The first kappa shape index (κ1) is 21.3. The van der Waals surface area contributed by atoms with Crippen molar-refractivity contribution < 1.29 is 14.3 Å². The number of fused-ring (bicyclic) bond motifs is 1. The summed E-state index contributed by atoms with van der Waals surface area (Å²) >= 11 is 0. The Kier molecular flexibility index (Phi) is 6.54. The maximum absolute atomic E-state index is 12.5. The number of benzene rings is 1. The maximum atomic E-state index is 12.5. The van der Waals surface area contributed by atoms with Crippen LogP contribution in [-0.2, 0) is 14.3 Å². The van der Waals surface area contributed by atoms with Gasteiger partial charge in [-0.3, -0.25) is 4.79 Å². The fourth-order valence-corrected chi connectivity index (χ4v) is 4.97. The molecule has 0 N–H and O–H groups in total. The van der Waals surface area contributed by atoms with Crippen LogP contribution in [0.15, 0.2) is 36.4 Å². The molecule has 0 unspecified atom stereocenters. The molecule has 6 nitrogen and oxygen atoms in total. The van der Waals surface area contributed by atoms with E-state index in [1.807, 2.05) is 53.8 Å². The summed E-state index contributed by atoms with van der Waals surface area (Å²) in [5.74, 6) is 0.794. The molecule has 2 aromatic rings. The van der Waals surface area contributed by atoms with Crippen LogP contribution in [0.2, 0.25) is 0 Å². The van der Waals surface area contributed by atoms with Crippen molar-refractivity contribution in [2.75, 3.05) is 19.7 Å². The van der Waals surface area contributed by atoms with Gasteiger partial charge in [0.2, 0.25) is 0 Å². The Morgan fingerprint density at radius 2 is 1.84 bits per heavy atom. The van der Waals surface area contributed by atoms with E-state index < -0.39 is 5.97 Å². The molecule has 1 aliphatic heterocycles. The van der Waals surface area contributed by atoms with Gasteiger partial charge in [-0.1, -0.05) is 37.5 Å². The number of piperidine rings is 1. The number of amides is 1. The first-order valence-electron chi connectivity index (χ1n) is 11.3. The average Bonchev–Trinajstić information content (AvgIpc) is 3.09. The number of likely N-dealkylation sites (tertiary alicyclic amines) is 1. The molecular formula is C25H31N3O3. The molecule has 31 heavy (non-hydrogen) atoms. The topological polar surface area (TPSA) is 64.4 Å². The highest BCUT2D eigenvalue weighted by atomic mass is 16.5. The molecule has 1 saturated heterocycles. The number of esters is 1. The zero-order valence-electron chi connectivity index (χ0n) is 18.4. The summed E-state index contributed by atoms with van der Waals surface area (Å²) in [5, 5.41) is 4.58. The Bertz CT molecular complexity index is 964. The monoisotopic (exact) mass is 421 g/mol. The van der Waals surface area contributed by atoms with Crippen LogP contribution >= 0.6 is 0 Å². The molecule has 2 heterocycles. The summed E-state index contributed by atoms with van der Waals surface area (Å²) in [6, 6.07) is 9.87. The van der Waals surface area contributed by atoms with Gasteiger partial charge in [-0.15, -0.1) is 0 Å². The van der Waals surface area contributed by atoms with Crippen molar-refractivity contribution in [2.45, 2.75) is 46.0 Å². The van der Waals surface area contributed by atoms with Crippen molar-refractivity contribution in [1.29, 1.82) is 0 Å². The van der Waals surface area contributed by atoms with Gasteiger partial charge in [0.25, 0.3) is 5.91 Å². The van der Waals surface area contributed by atoms with E-state index in [-0.39, 0.29) is 12.5 Å². The van der Waals surface area contributed by atoms with Crippen molar-refractivity contribution in [2.24, 2.45) is 11.8 Å². The van der Waals surface area contributed by atoms with Crippen LogP contribution < -0.4 is 0 Å². The molecule has 0 bridgehead atoms. The molecule has 1 amide bonds. The Labute approximate surface area is 183 Å². The van der Waals surface area contributed by atoms with Gasteiger partial charge in [0.15, 0.2) is 6.61 Å². The fourth-order valence-electron chi connectivity index (χ4n) is 4.97. The highest BCUT2D eigenvalue weighted by Crippen LogP contribution is 2.36. The number of carbonyl (C=O) groups is 2. The summed E-state index contributed by atoms with van der Waals surface area (Å²) in [5.41, 5.74) is 3.63. The van der Waals surface area contributed by atoms with Crippen LogP contribution in [0, 0.1) is 25.7 Å². The smallest absolute Gasteiger partial charge is 0.331 e. The third-order valence-corrected chi connectivity index (χ3v) is 6.72. The molecule has 4 rings (SSSR count). The van der Waals surface area contributed by atoms with Gasteiger partial charge in [0.05, 0.1) is 11.4 Å². The Morgan fingerprint density at radius 3 is 2.61 bits per heavy atom. The van der Waals surface area contributed by atoms with Crippen LogP contribution in [0.3, 0.4) is 0 Å². The van der Waals surface area contributed by atoms with Crippen LogP contribution in [-0.4, -0.2) is 46.3 Å². The van der Waals surface area contributed by atoms with Gasteiger partial charge in [-0.2, -0.15) is 5.10 Å². The van der Waals surface area contributed by atoms with Crippen molar-refractivity contribution in [3.63, 3.8) is 0 Å². The maximum Gasteiger partial charge on any atom is 0.331 e. The average molecular weight is 422 g/mol. The van der Waals surface area contributed by atoms with Gasteiger partial charge < -0.3 is 9.64 Å². The molecule has 164 valence electrons. The molecule has 0 radical (unpaired) electrons. The minimum absolute atomic E-state index is 0.0879. The third kappa shape index (κ3) is 4.89. The predicted octanol–water partition coefficient (Wildman–Crippen LogP) is 4.08. The summed E-state index contributed by atoms with van der Waals surface area (Å²) in [6.45, 7) is 5.28. The SMILES string of the molecule is Cc1nn(-c2ccccc2)c(C)c1/C=C/C(=O)OCC(=O)N1CC[C@@H]2CCCC[C@H]2C1. The molecule has 2 atom stereocenters. The number of aromatic nitrogens is 2. The molecule has 0 spiro atoms. The van der Waals surface area contributed by atoms with E-state index in [0.29, 0.717) is 5.92 Å².